The van der Waals surface area contributed by atoms with E-state index in [9.17, 15) is 14.4 Å². The smallest absolute Gasteiger partial charge is 0.350 e. The maximum absolute atomic E-state index is 12.4. The quantitative estimate of drug-likeness (QED) is 0.493. The zero-order valence-corrected chi connectivity index (χ0v) is 16.2. The number of hydrogen-bond donors (Lipinski definition) is 1. The molecule has 0 aliphatic carbocycles. The number of anilines is 1. The number of thiazole rings is 1. The monoisotopic (exact) mass is 436 g/mol. The molecular formula is C17H13BrN2O5S. The van der Waals surface area contributed by atoms with Crippen LogP contribution in [0.15, 0.2) is 37.9 Å². The van der Waals surface area contributed by atoms with Gasteiger partial charge in [-0.1, -0.05) is 27.3 Å². The largest absolute Gasteiger partial charge is 0.462 e. The van der Waals surface area contributed by atoms with Gasteiger partial charge in [-0.2, -0.15) is 0 Å². The van der Waals surface area contributed by atoms with Gasteiger partial charge < -0.3 is 9.15 Å². The van der Waals surface area contributed by atoms with Gasteiger partial charge >= 0.3 is 11.6 Å². The molecule has 0 fully saturated rings. The van der Waals surface area contributed by atoms with Crippen LogP contribution < -0.4 is 10.9 Å². The predicted molar refractivity (Wildman–Crippen MR) is 101 cm³/mol. The molecule has 1 N–H and O–H groups in total. The van der Waals surface area contributed by atoms with Gasteiger partial charge in [0.1, 0.15) is 16.0 Å². The molecule has 26 heavy (non-hydrogen) atoms. The summed E-state index contributed by atoms with van der Waals surface area (Å²) < 4.78 is 10.9. The van der Waals surface area contributed by atoms with E-state index < -0.39 is 17.5 Å². The molecule has 0 atom stereocenters. The lowest BCUT2D eigenvalue weighted by atomic mass is 10.2. The minimum absolute atomic E-state index is 0.152. The highest BCUT2D eigenvalue weighted by Crippen LogP contribution is 2.24. The number of amides is 1. The Kier molecular flexibility index (Phi) is 5.19. The average molecular weight is 437 g/mol. The van der Waals surface area contributed by atoms with Crippen LogP contribution in [-0.2, 0) is 4.74 Å². The molecular weight excluding hydrogens is 424 g/mol. The normalized spacial score (nSPS) is 10.7. The van der Waals surface area contributed by atoms with Crippen molar-refractivity contribution in [3.8, 4) is 0 Å². The van der Waals surface area contributed by atoms with E-state index in [0.29, 0.717) is 21.5 Å². The van der Waals surface area contributed by atoms with E-state index in [2.05, 4.69) is 26.2 Å². The van der Waals surface area contributed by atoms with Gasteiger partial charge in [-0.3, -0.25) is 10.1 Å². The number of halogens is 1. The van der Waals surface area contributed by atoms with Gasteiger partial charge in [-0.25, -0.2) is 14.6 Å². The number of hydrogen-bond acceptors (Lipinski definition) is 7. The predicted octanol–water partition coefficient (Wildman–Crippen LogP) is 3.75. The first-order chi connectivity index (χ1) is 12.4. The Labute approximate surface area is 160 Å². The summed E-state index contributed by atoms with van der Waals surface area (Å²) in [5.74, 6) is -1.16. The van der Waals surface area contributed by atoms with Gasteiger partial charge in [0.15, 0.2) is 5.13 Å². The number of ether oxygens (including phenoxy) is 1. The van der Waals surface area contributed by atoms with E-state index in [1.165, 1.54) is 6.07 Å². The van der Waals surface area contributed by atoms with Crippen LogP contribution in [0.2, 0.25) is 0 Å². The fourth-order valence-electron chi connectivity index (χ4n) is 2.25. The Morgan fingerprint density at radius 3 is 2.85 bits per heavy atom. The molecule has 1 aromatic carbocycles. The van der Waals surface area contributed by atoms with E-state index in [1.807, 2.05) is 0 Å². The first-order valence-electron chi connectivity index (χ1n) is 7.58. The van der Waals surface area contributed by atoms with Crippen molar-refractivity contribution in [1.82, 2.24) is 4.98 Å². The Bertz CT molecular complexity index is 1070. The molecule has 2 heterocycles. The molecule has 0 spiro atoms. The highest BCUT2D eigenvalue weighted by Gasteiger charge is 2.20. The highest BCUT2D eigenvalue weighted by atomic mass is 79.9. The molecule has 0 radical (unpaired) electrons. The van der Waals surface area contributed by atoms with Gasteiger partial charge in [-0.15, -0.1) is 0 Å². The summed E-state index contributed by atoms with van der Waals surface area (Å²) in [5, 5.41) is 3.33. The maximum Gasteiger partial charge on any atom is 0.350 e. The number of benzene rings is 1. The molecule has 0 saturated heterocycles. The van der Waals surface area contributed by atoms with Crippen molar-refractivity contribution < 1.29 is 18.7 Å². The molecule has 0 unspecified atom stereocenters. The standard InChI is InChI=1S/C17H13BrN2O5S/c1-3-24-16(23)13-8(2)19-17(26-13)20-14(21)11-7-9-6-10(18)4-5-12(9)25-15(11)22/h4-7H,3H2,1-2H3,(H,19,20,21). The Hall–Kier alpha value is -2.52. The van der Waals surface area contributed by atoms with Crippen molar-refractivity contribution >= 4 is 55.2 Å². The van der Waals surface area contributed by atoms with E-state index in [4.69, 9.17) is 9.15 Å². The van der Waals surface area contributed by atoms with Crippen molar-refractivity contribution in [3.05, 3.63) is 55.3 Å². The zero-order valence-electron chi connectivity index (χ0n) is 13.8. The average Bonchev–Trinajstić information content (AvgIpc) is 2.95. The van der Waals surface area contributed by atoms with E-state index in [1.54, 1.807) is 32.0 Å². The number of nitrogens with zero attached hydrogens (tertiary/aromatic N) is 1. The zero-order chi connectivity index (χ0) is 18.8. The minimum atomic E-state index is -0.754. The molecule has 134 valence electrons. The van der Waals surface area contributed by atoms with Crippen LogP contribution in [0.25, 0.3) is 11.0 Å². The van der Waals surface area contributed by atoms with Crippen LogP contribution in [0, 0.1) is 6.92 Å². The Morgan fingerprint density at radius 2 is 2.12 bits per heavy atom. The number of rotatable bonds is 4. The van der Waals surface area contributed by atoms with Crippen LogP contribution in [0.5, 0.6) is 0 Å². The highest BCUT2D eigenvalue weighted by molar-refractivity contribution is 9.10. The second-order valence-electron chi connectivity index (χ2n) is 5.24. The number of esters is 1. The van der Waals surface area contributed by atoms with Gasteiger partial charge in [0, 0.05) is 9.86 Å². The van der Waals surface area contributed by atoms with Crippen molar-refractivity contribution in [3.63, 3.8) is 0 Å². The fraction of sp³-hybridized carbons (Fsp3) is 0.176. The van der Waals surface area contributed by atoms with Crippen LogP contribution in [0.1, 0.15) is 32.6 Å². The summed E-state index contributed by atoms with van der Waals surface area (Å²) in [7, 11) is 0. The lowest BCUT2D eigenvalue weighted by Crippen LogP contribution is -2.20. The molecule has 0 saturated carbocycles. The molecule has 9 heteroatoms. The molecule has 7 nitrogen and oxygen atoms in total. The van der Waals surface area contributed by atoms with Crippen molar-refractivity contribution in [2.45, 2.75) is 13.8 Å². The lowest BCUT2D eigenvalue weighted by Gasteiger charge is -2.03. The number of aromatic nitrogens is 1. The van der Waals surface area contributed by atoms with Crippen LogP contribution in [0.4, 0.5) is 5.13 Å². The Balaban J connectivity index is 1.90. The number of carbonyl (C=O) groups excluding carboxylic acids is 2. The van der Waals surface area contributed by atoms with Gasteiger partial charge in [0.25, 0.3) is 5.91 Å². The summed E-state index contributed by atoms with van der Waals surface area (Å²) >= 11 is 4.32. The van der Waals surface area contributed by atoms with Gasteiger partial charge in [0.05, 0.1) is 12.3 Å². The molecule has 0 bridgehead atoms. The lowest BCUT2D eigenvalue weighted by molar-refractivity contribution is 0.0531. The molecule has 3 rings (SSSR count). The molecule has 0 aliphatic heterocycles. The summed E-state index contributed by atoms with van der Waals surface area (Å²) in [6.07, 6.45) is 0. The van der Waals surface area contributed by atoms with Crippen LogP contribution in [0.3, 0.4) is 0 Å². The SMILES string of the molecule is CCOC(=O)c1sc(NC(=O)c2cc3cc(Br)ccc3oc2=O)nc1C. The topological polar surface area (TPSA) is 98.5 Å². The number of nitrogens with one attached hydrogen (secondary N) is 1. The van der Waals surface area contributed by atoms with Gasteiger partial charge in [0.2, 0.25) is 0 Å². The first kappa shape index (κ1) is 18.3. The third-order valence-electron chi connectivity index (χ3n) is 3.42. The second-order valence-corrected chi connectivity index (χ2v) is 7.15. The molecule has 2 aromatic heterocycles. The molecule has 0 aliphatic rings. The summed E-state index contributed by atoms with van der Waals surface area (Å²) in [6.45, 7) is 3.58. The minimum Gasteiger partial charge on any atom is -0.462 e. The van der Waals surface area contributed by atoms with Crippen molar-refractivity contribution in [2.24, 2.45) is 0 Å². The number of carbonyl (C=O) groups is 2. The van der Waals surface area contributed by atoms with Crippen LogP contribution in [-0.4, -0.2) is 23.5 Å². The molecule has 3 aromatic rings. The molecule has 1 amide bonds. The second kappa shape index (κ2) is 7.38. The van der Waals surface area contributed by atoms with E-state index in [0.717, 1.165) is 15.8 Å². The first-order valence-corrected chi connectivity index (χ1v) is 9.19. The van der Waals surface area contributed by atoms with Crippen molar-refractivity contribution in [1.29, 1.82) is 0 Å². The maximum atomic E-state index is 12.4. The van der Waals surface area contributed by atoms with E-state index >= 15 is 0 Å². The Morgan fingerprint density at radius 1 is 1.35 bits per heavy atom. The summed E-state index contributed by atoms with van der Waals surface area (Å²) in [6, 6.07) is 6.56. The third-order valence-corrected chi connectivity index (χ3v) is 4.96. The summed E-state index contributed by atoms with van der Waals surface area (Å²) in [4.78, 5) is 40.8. The van der Waals surface area contributed by atoms with Gasteiger partial charge in [-0.05, 0) is 38.1 Å². The van der Waals surface area contributed by atoms with E-state index in [-0.39, 0.29) is 17.3 Å². The number of fused-ring (bicyclic) bond motifs is 1. The van der Waals surface area contributed by atoms with Crippen molar-refractivity contribution in [2.75, 3.05) is 11.9 Å². The van der Waals surface area contributed by atoms with Crippen LogP contribution >= 0.6 is 27.3 Å². The fourth-order valence-corrected chi connectivity index (χ4v) is 3.49. The number of aryl methyl sites for hydroxylation is 1. The third kappa shape index (κ3) is 3.68. The summed E-state index contributed by atoms with van der Waals surface area (Å²) in [5.41, 5.74) is -0.0833.